The van der Waals surface area contributed by atoms with Gasteiger partial charge in [-0.05, 0) is 24.6 Å². The van der Waals surface area contributed by atoms with Crippen LogP contribution in [0.4, 0.5) is 0 Å². The maximum Gasteiger partial charge on any atom is 0.234 e. The summed E-state index contributed by atoms with van der Waals surface area (Å²) in [6, 6.07) is 5.17. The van der Waals surface area contributed by atoms with E-state index in [-0.39, 0.29) is 31.6 Å². The number of Topliss-reactive ketones (excluding diaryl/α,β-unsaturated/α-hetero) is 1. The van der Waals surface area contributed by atoms with Crippen molar-refractivity contribution >= 4 is 11.7 Å². The zero-order valence-electron chi connectivity index (χ0n) is 11.1. The molecule has 1 amide bonds. The molecule has 0 aliphatic carbocycles. The molecule has 0 unspecified atom stereocenters. The molecule has 1 fully saturated rings. The number of ether oxygens (including phenoxy) is 2. The van der Waals surface area contributed by atoms with Crippen molar-refractivity contribution in [3.63, 3.8) is 0 Å². The summed E-state index contributed by atoms with van der Waals surface area (Å²) in [6.07, 6.45) is 0.861. The quantitative estimate of drug-likeness (QED) is 0.810. The summed E-state index contributed by atoms with van der Waals surface area (Å²) in [4.78, 5) is 25.6. The molecule has 2 aliphatic heterocycles. The van der Waals surface area contributed by atoms with E-state index in [1.165, 1.54) is 0 Å². The Kier molecular flexibility index (Phi) is 3.56. The van der Waals surface area contributed by atoms with Gasteiger partial charge in [0.25, 0.3) is 0 Å². The van der Waals surface area contributed by atoms with Gasteiger partial charge in [0.1, 0.15) is 0 Å². The Morgan fingerprint density at radius 2 is 2.15 bits per heavy atom. The lowest BCUT2D eigenvalue weighted by Crippen LogP contribution is -2.36. The standard InChI is InChI=1S/C14H16N2O4/c17-11(7-16-5-1-4-15-14(18)8-16)10-2-3-12-13(6-10)20-9-19-12/h2-3,6H,1,4-5,7-9H2,(H,15,18). The van der Waals surface area contributed by atoms with Gasteiger partial charge in [0.2, 0.25) is 12.7 Å². The number of nitrogens with zero attached hydrogens (tertiary/aromatic N) is 1. The number of hydrogen-bond acceptors (Lipinski definition) is 5. The normalized spacial score (nSPS) is 18.5. The predicted octanol–water partition coefficient (Wildman–Crippen LogP) is 0.420. The second kappa shape index (κ2) is 5.50. The van der Waals surface area contributed by atoms with Gasteiger partial charge >= 0.3 is 0 Å². The smallest absolute Gasteiger partial charge is 0.234 e. The van der Waals surface area contributed by atoms with Crippen molar-refractivity contribution in [3.8, 4) is 11.5 Å². The molecular weight excluding hydrogens is 260 g/mol. The molecule has 1 aromatic rings. The average molecular weight is 276 g/mol. The highest BCUT2D eigenvalue weighted by Gasteiger charge is 2.20. The summed E-state index contributed by atoms with van der Waals surface area (Å²) in [6.45, 7) is 2.13. The Morgan fingerprint density at radius 1 is 1.30 bits per heavy atom. The van der Waals surface area contributed by atoms with Gasteiger partial charge in [-0.2, -0.15) is 0 Å². The molecule has 106 valence electrons. The van der Waals surface area contributed by atoms with Crippen LogP contribution in [0.25, 0.3) is 0 Å². The molecule has 0 bridgehead atoms. The van der Waals surface area contributed by atoms with Crippen molar-refractivity contribution in [1.82, 2.24) is 10.2 Å². The molecule has 0 aromatic heterocycles. The van der Waals surface area contributed by atoms with E-state index in [0.29, 0.717) is 23.6 Å². The molecule has 6 heteroatoms. The molecule has 20 heavy (non-hydrogen) atoms. The zero-order chi connectivity index (χ0) is 13.9. The first-order valence-corrected chi connectivity index (χ1v) is 6.64. The molecule has 0 spiro atoms. The van der Waals surface area contributed by atoms with Crippen molar-refractivity contribution in [2.75, 3.05) is 33.0 Å². The minimum absolute atomic E-state index is 0.0157. The lowest BCUT2D eigenvalue weighted by molar-refractivity contribution is -0.121. The van der Waals surface area contributed by atoms with Gasteiger partial charge in [-0.3, -0.25) is 14.5 Å². The van der Waals surface area contributed by atoms with Crippen LogP contribution < -0.4 is 14.8 Å². The molecule has 0 saturated carbocycles. The van der Waals surface area contributed by atoms with Gasteiger partial charge in [-0.25, -0.2) is 0 Å². The number of amides is 1. The van der Waals surface area contributed by atoms with E-state index in [4.69, 9.17) is 9.47 Å². The van der Waals surface area contributed by atoms with Crippen LogP contribution in [-0.4, -0.2) is 49.6 Å². The van der Waals surface area contributed by atoms with E-state index in [2.05, 4.69) is 5.32 Å². The Bertz CT molecular complexity index is 544. The Morgan fingerprint density at radius 3 is 3.05 bits per heavy atom. The summed E-state index contributed by atoms with van der Waals surface area (Å²) in [5.41, 5.74) is 0.582. The van der Waals surface area contributed by atoms with Crippen LogP contribution in [0.5, 0.6) is 11.5 Å². The monoisotopic (exact) mass is 276 g/mol. The number of carbonyl (C=O) groups excluding carboxylic acids is 2. The van der Waals surface area contributed by atoms with Gasteiger partial charge in [0, 0.05) is 18.7 Å². The molecule has 6 nitrogen and oxygen atoms in total. The average Bonchev–Trinajstić information content (AvgIpc) is 2.81. The second-order valence-electron chi connectivity index (χ2n) is 4.91. The van der Waals surface area contributed by atoms with Crippen LogP contribution >= 0.6 is 0 Å². The maximum absolute atomic E-state index is 12.3. The lowest BCUT2D eigenvalue weighted by Gasteiger charge is -2.17. The topological polar surface area (TPSA) is 67.9 Å². The Hall–Kier alpha value is -2.08. The maximum atomic E-state index is 12.3. The van der Waals surface area contributed by atoms with Gasteiger partial charge in [0.05, 0.1) is 13.1 Å². The van der Waals surface area contributed by atoms with E-state index >= 15 is 0 Å². The highest BCUT2D eigenvalue weighted by atomic mass is 16.7. The van der Waals surface area contributed by atoms with Gasteiger partial charge in [-0.1, -0.05) is 0 Å². The third-order valence-electron chi connectivity index (χ3n) is 3.40. The summed E-state index contributed by atoms with van der Waals surface area (Å²) < 4.78 is 10.5. The van der Waals surface area contributed by atoms with Crippen molar-refractivity contribution in [2.24, 2.45) is 0 Å². The molecule has 0 atom stereocenters. The van der Waals surface area contributed by atoms with E-state index in [0.717, 1.165) is 13.0 Å². The zero-order valence-corrected chi connectivity index (χ0v) is 11.1. The molecule has 3 rings (SSSR count). The first kappa shape index (κ1) is 12.9. The Labute approximate surface area is 116 Å². The second-order valence-corrected chi connectivity index (χ2v) is 4.91. The van der Waals surface area contributed by atoms with Gasteiger partial charge < -0.3 is 14.8 Å². The van der Waals surface area contributed by atoms with E-state index in [1.54, 1.807) is 18.2 Å². The van der Waals surface area contributed by atoms with Crippen LogP contribution in [-0.2, 0) is 4.79 Å². The first-order valence-electron chi connectivity index (χ1n) is 6.64. The molecule has 1 saturated heterocycles. The number of rotatable bonds is 3. The lowest BCUT2D eigenvalue weighted by atomic mass is 10.1. The van der Waals surface area contributed by atoms with Crippen LogP contribution in [0.2, 0.25) is 0 Å². The highest BCUT2D eigenvalue weighted by molar-refractivity contribution is 5.98. The number of benzene rings is 1. The summed E-state index contributed by atoms with van der Waals surface area (Å²) in [7, 11) is 0. The van der Waals surface area contributed by atoms with E-state index in [1.807, 2.05) is 4.90 Å². The van der Waals surface area contributed by atoms with Crippen LogP contribution in [0.1, 0.15) is 16.8 Å². The number of nitrogens with one attached hydrogen (secondary N) is 1. The van der Waals surface area contributed by atoms with Crippen molar-refractivity contribution in [2.45, 2.75) is 6.42 Å². The van der Waals surface area contributed by atoms with Crippen molar-refractivity contribution in [1.29, 1.82) is 0 Å². The van der Waals surface area contributed by atoms with Crippen molar-refractivity contribution in [3.05, 3.63) is 23.8 Å². The summed E-state index contributed by atoms with van der Waals surface area (Å²) in [5, 5.41) is 2.79. The number of fused-ring (bicyclic) bond motifs is 1. The molecule has 1 N–H and O–H groups in total. The van der Waals surface area contributed by atoms with Crippen LogP contribution in [0, 0.1) is 0 Å². The SMILES string of the molecule is O=C1CN(CC(=O)c2ccc3c(c2)OCO3)CCCN1. The van der Waals surface area contributed by atoms with E-state index in [9.17, 15) is 9.59 Å². The minimum Gasteiger partial charge on any atom is -0.454 e. The third-order valence-corrected chi connectivity index (χ3v) is 3.40. The summed E-state index contributed by atoms with van der Waals surface area (Å²) in [5.74, 6) is 1.22. The largest absolute Gasteiger partial charge is 0.454 e. The number of carbonyl (C=O) groups is 2. The van der Waals surface area contributed by atoms with E-state index < -0.39 is 0 Å². The minimum atomic E-state index is -0.0269. The molecule has 2 heterocycles. The fourth-order valence-electron chi connectivity index (χ4n) is 2.37. The fourth-order valence-corrected chi connectivity index (χ4v) is 2.37. The molecule has 1 aromatic carbocycles. The third kappa shape index (κ3) is 2.75. The molecule has 0 radical (unpaired) electrons. The number of ketones is 1. The fraction of sp³-hybridized carbons (Fsp3) is 0.429. The number of hydrogen-bond donors (Lipinski definition) is 1. The van der Waals surface area contributed by atoms with Crippen molar-refractivity contribution < 1.29 is 19.1 Å². The Balaban J connectivity index is 1.68. The highest BCUT2D eigenvalue weighted by Crippen LogP contribution is 2.32. The molecular formula is C14H16N2O4. The van der Waals surface area contributed by atoms with Gasteiger partial charge in [0.15, 0.2) is 17.3 Å². The van der Waals surface area contributed by atoms with Gasteiger partial charge in [-0.15, -0.1) is 0 Å². The first-order chi connectivity index (χ1) is 9.72. The summed E-state index contributed by atoms with van der Waals surface area (Å²) >= 11 is 0. The van der Waals surface area contributed by atoms with Crippen LogP contribution in [0.15, 0.2) is 18.2 Å². The van der Waals surface area contributed by atoms with Crippen LogP contribution in [0.3, 0.4) is 0 Å². The molecule has 2 aliphatic rings. The predicted molar refractivity (Wildman–Crippen MR) is 71.0 cm³/mol.